The third kappa shape index (κ3) is 3.08. The molecule has 0 heterocycles. The maximum Gasteiger partial charge on any atom is 0.273 e. The summed E-state index contributed by atoms with van der Waals surface area (Å²) < 4.78 is 13.6. The molecule has 0 spiro atoms. The van der Waals surface area contributed by atoms with E-state index in [4.69, 9.17) is 11.6 Å². The topological polar surface area (TPSA) is 55.2 Å². The van der Waals surface area contributed by atoms with Crippen molar-refractivity contribution >= 4 is 44.6 Å². The van der Waals surface area contributed by atoms with Crippen molar-refractivity contribution in [3.8, 4) is 0 Å². The number of halogens is 3. The van der Waals surface area contributed by atoms with Gasteiger partial charge >= 0.3 is 0 Å². The minimum absolute atomic E-state index is 0.00440. The Hall–Kier alpha value is -1.66. The summed E-state index contributed by atoms with van der Waals surface area (Å²) >= 11 is 8.97. The van der Waals surface area contributed by atoms with Crippen LogP contribution in [0.2, 0.25) is 5.02 Å². The van der Waals surface area contributed by atoms with Gasteiger partial charge in [0.1, 0.15) is 5.82 Å². The number of anilines is 2. The normalized spacial score (nSPS) is 10.4. The summed E-state index contributed by atoms with van der Waals surface area (Å²) in [7, 11) is 0. The van der Waals surface area contributed by atoms with Gasteiger partial charge in [-0.1, -0.05) is 11.6 Å². The molecule has 0 aliphatic carbocycles. The maximum absolute atomic E-state index is 13.1. The standard InChI is InChI=1S/C13H9BrClFN2O2/c1-7-4-12(9(14)6-13(7)18(19)20)17-8-2-3-11(16)10(15)5-8/h2-6,17H,1H3. The summed E-state index contributed by atoms with van der Waals surface area (Å²) in [6, 6.07) is 7.28. The quantitative estimate of drug-likeness (QED) is 0.605. The van der Waals surface area contributed by atoms with Crippen LogP contribution in [0.1, 0.15) is 5.56 Å². The molecular formula is C13H9BrClFN2O2. The van der Waals surface area contributed by atoms with Crippen LogP contribution in [0.5, 0.6) is 0 Å². The maximum atomic E-state index is 13.1. The Morgan fingerprint density at radius 1 is 1.35 bits per heavy atom. The number of hydrogen-bond acceptors (Lipinski definition) is 3. The van der Waals surface area contributed by atoms with E-state index in [9.17, 15) is 14.5 Å². The van der Waals surface area contributed by atoms with E-state index in [1.165, 1.54) is 24.3 Å². The fraction of sp³-hybridized carbons (Fsp3) is 0.0769. The van der Waals surface area contributed by atoms with Gasteiger partial charge in [-0.3, -0.25) is 10.1 Å². The second-order valence-electron chi connectivity index (χ2n) is 4.13. The first-order valence-corrected chi connectivity index (χ1v) is 6.72. The number of nitro groups is 1. The Morgan fingerprint density at radius 2 is 2.05 bits per heavy atom. The van der Waals surface area contributed by atoms with Crippen LogP contribution in [0, 0.1) is 22.9 Å². The number of nitro benzene ring substituents is 1. The zero-order chi connectivity index (χ0) is 14.9. The molecule has 104 valence electrons. The second-order valence-corrected chi connectivity index (χ2v) is 5.39. The van der Waals surface area contributed by atoms with Crippen molar-refractivity contribution < 1.29 is 9.31 Å². The molecule has 0 saturated carbocycles. The summed E-state index contributed by atoms with van der Waals surface area (Å²) in [4.78, 5) is 10.4. The molecule has 4 nitrogen and oxygen atoms in total. The van der Waals surface area contributed by atoms with Crippen LogP contribution in [0.15, 0.2) is 34.8 Å². The average Bonchev–Trinajstić information content (AvgIpc) is 2.37. The number of benzene rings is 2. The van der Waals surface area contributed by atoms with E-state index in [0.717, 1.165) is 0 Å². The first kappa shape index (κ1) is 14.7. The number of rotatable bonds is 3. The molecule has 2 aromatic rings. The number of nitrogens with zero attached hydrogens (tertiary/aromatic N) is 1. The summed E-state index contributed by atoms with van der Waals surface area (Å²) in [5.74, 6) is -0.504. The van der Waals surface area contributed by atoms with Gasteiger partial charge in [-0.05, 0) is 47.1 Å². The molecule has 0 aromatic heterocycles. The highest BCUT2D eigenvalue weighted by Crippen LogP contribution is 2.33. The minimum Gasteiger partial charge on any atom is -0.355 e. The molecule has 0 radical (unpaired) electrons. The van der Waals surface area contributed by atoms with E-state index < -0.39 is 10.7 Å². The first-order chi connectivity index (χ1) is 9.38. The Kier molecular flexibility index (Phi) is 4.25. The largest absolute Gasteiger partial charge is 0.355 e. The van der Waals surface area contributed by atoms with E-state index >= 15 is 0 Å². The molecule has 0 aliphatic heterocycles. The van der Waals surface area contributed by atoms with E-state index in [1.807, 2.05) is 0 Å². The smallest absolute Gasteiger partial charge is 0.273 e. The Labute approximate surface area is 127 Å². The molecule has 2 rings (SSSR count). The van der Waals surface area contributed by atoms with Crippen LogP contribution in [-0.4, -0.2) is 4.92 Å². The van der Waals surface area contributed by atoms with Crippen LogP contribution < -0.4 is 5.32 Å². The van der Waals surface area contributed by atoms with Gasteiger partial charge in [0, 0.05) is 21.8 Å². The van der Waals surface area contributed by atoms with Crippen molar-refractivity contribution in [1.82, 2.24) is 0 Å². The van der Waals surface area contributed by atoms with Gasteiger partial charge in [0.25, 0.3) is 5.69 Å². The Balaban J connectivity index is 2.36. The summed E-state index contributed by atoms with van der Waals surface area (Å²) in [6.07, 6.45) is 0. The lowest BCUT2D eigenvalue weighted by Crippen LogP contribution is -1.96. The van der Waals surface area contributed by atoms with E-state index in [0.29, 0.717) is 21.4 Å². The molecule has 0 atom stereocenters. The predicted molar refractivity (Wildman–Crippen MR) is 80.2 cm³/mol. The fourth-order valence-electron chi connectivity index (χ4n) is 1.69. The predicted octanol–water partition coefficient (Wildman–Crippen LogP) is 5.20. The lowest BCUT2D eigenvalue weighted by molar-refractivity contribution is -0.385. The highest BCUT2D eigenvalue weighted by atomic mass is 79.9. The molecule has 7 heteroatoms. The van der Waals surface area contributed by atoms with Crippen LogP contribution in [0.3, 0.4) is 0 Å². The van der Waals surface area contributed by atoms with Gasteiger partial charge in [0.15, 0.2) is 0 Å². The van der Waals surface area contributed by atoms with Gasteiger partial charge in [-0.2, -0.15) is 0 Å². The molecule has 20 heavy (non-hydrogen) atoms. The lowest BCUT2D eigenvalue weighted by Gasteiger charge is -2.10. The van der Waals surface area contributed by atoms with Crippen LogP contribution >= 0.6 is 27.5 Å². The van der Waals surface area contributed by atoms with Crippen LogP contribution in [-0.2, 0) is 0 Å². The first-order valence-electron chi connectivity index (χ1n) is 5.55. The third-order valence-corrected chi connectivity index (χ3v) is 3.63. The monoisotopic (exact) mass is 358 g/mol. The van der Waals surface area contributed by atoms with E-state index in [1.54, 1.807) is 13.0 Å². The second kappa shape index (κ2) is 5.76. The van der Waals surface area contributed by atoms with Crippen molar-refractivity contribution in [3.63, 3.8) is 0 Å². The Bertz CT molecular complexity index is 694. The molecule has 0 unspecified atom stereocenters. The SMILES string of the molecule is Cc1cc(Nc2ccc(F)c(Cl)c2)c(Br)cc1[N+](=O)[O-]. The molecule has 0 saturated heterocycles. The zero-order valence-electron chi connectivity index (χ0n) is 10.3. The average molecular weight is 360 g/mol. The summed E-state index contributed by atoms with van der Waals surface area (Å²) in [6.45, 7) is 1.65. The summed E-state index contributed by atoms with van der Waals surface area (Å²) in [5, 5.41) is 13.9. The van der Waals surface area contributed by atoms with Gasteiger partial charge in [-0.15, -0.1) is 0 Å². The third-order valence-electron chi connectivity index (χ3n) is 2.68. The molecule has 2 aromatic carbocycles. The molecular weight excluding hydrogens is 351 g/mol. The summed E-state index contributed by atoms with van der Waals surface area (Å²) in [5.41, 5.74) is 1.77. The van der Waals surface area contributed by atoms with E-state index in [-0.39, 0.29) is 10.7 Å². The van der Waals surface area contributed by atoms with Crippen molar-refractivity contribution in [2.75, 3.05) is 5.32 Å². The van der Waals surface area contributed by atoms with Gasteiger partial charge in [-0.25, -0.2) is 4.39 Å². The van der Waals surface area contributed by atoms with Gasteiger partial charge in [0.05, 0.1) is 15.6 Å². The number of aryl methyl sites for hydroxylation is 1. The Morgan fingerprint density at radius 3 is 2.65 bits per heavy atom. The van der Waals surface area contributed by atoms with Crippen LogP contribution in [0.25, 0.3) is 0 Å². The van der Waals surface area contributed by atoms with Crippen molar-refractivity contribution in [3.05, 3.63) is 61.3 Å². The highest BCUT2D eigenvalue weighted by molar-refractivity contribution is 9.10. The molecule has 0 fully saturated rings. The van der Waals surface area contributed by atoms with Crippen molar-refractivity contribution in [2.24, 2.45) is 0 Å². The lowest BCUT2D eigenvalue weighted by atomic mass is 10.1. The molecule has 1 N–H and O–H groups in total. The number of hydrogen-bond donors (Lipinski definition) is 1. The fourth-order valence-corrected chi connectivity index (χ4v) is 2.30. The van der Waals surface area contributed by atoms with E-state index in [2.05, 4.69) is 21.2 Å². The molecule has 0 bridgehead atoms. The van der Waals surface area contributed by atoms with Crippen molar-refractivity contribution in [2.45, 2.75) is 6.92 Å². The van der Waals surface area contributed by atoms with Gasteiger partial charge in [0.2, 0.25) is 0 Å². The molecule has 0 amide bonds. The zero-order valence-corrected chi connectivity index (χ0v) is 12.6. The van der Waals surface area contributed by atoms with Gasteiger partial charge < -0.3 is 5.32 Å². The number of nitrogens with one attached hydrogen (secondary N) is 1. The minimum atomic E-state index is -0.504. The van der Waals surface area contributed by atoms with Crippen molar-refractivity contribution in [1.29, 1.82) is 0 Å². The molecule has 0 aliphatic rings. The van der Waals surface area contributed by atoms with Crippen LogP contribution in [0.4, 0.5) is 21.5 Å². The highest BCUT2D eigenvalue weighted by Gasteiger charge is 2.14.